The van der Waals surface area contributed by atoms with Crippen molar-refractivity contribution in [2.24, 2.45) is 5.92 Å². The van der Waals surface area contributed by atoms with Gasteiger partial charge in [0.1, 0.15) is 0 Å². The Kier molecular flexibility index (Phi) is 5.09. The van der Waals surface area contributed by atoms with Crippen LogP contribution in [0.5, 0.6) is 0 Å². The van der Waals surface area contributed by atoms with E-state index in [0.717, 1.165) is 26.3 Å². The smallest absolute Gasteiger partial charge is 0.0528 e. The van der Waals surface area contributed by atoms with Gasteiger partial charge in [0.15, 0.2) is 0 Å². The molecule has 0 aromatic heterocycles. The molecule has 1 aliphatic heterocycles. The highest BCUT2D eigenvalue weighted by atomic mass is 16.5. The van der Waals surface area contributed by atoms with E-state index in [-0.39, 0.29) is 0 Å². The number of hydrogen-bond donors (Lipinski definition) is 1. The summed E-state index contributed by atoms with van der Waals surface area (Å²) in [4.78, 5) is 0. The van der Waals surface area contributed by atoms with Crippen molar-refractivity contribution in [2.75, 3.05) is 26.3 Å². The first-order valence-electron chi connectivity index (χ1n) is 5.28. The average Bonchev–Trinajstić information content (AvgIpc) is 2.16. The van der Waals surface area contributed by atoms with Crippen LogP contribution in [0.4, 0.5) is 0 Å². The molecule has 0 aromatic rings. The molecule has 0 saturated carbocycles. The maximum absolute atomic E-state index is 5.42. The quantitative estimate of drug-likeness (QED) is 0.673. The predicted octanol–water partition coefficient (Wildman–Crippen LogP) is 1.97. The molecule has 1 atom stereocenters. The van der Waals surface area contributed by atoms with Gasteiger partial charge in [0.25, 0.3) is 0 Å². The van der Waals surface area contributed by atoms with Crippen LogP contribution in [0.3, 0.4) is 0 Å². The van der Waals surface area contributed by atoms with Gasteiger partial charge in [-0.15, -0.1) is 0 Å². The second-order valence-corrected chi connectivity index (χ2v) is 3.77. The molecule has 0 radical (unpaired) electrons. The first-order valence-corrected chi connectivity index (χ1v) is 5.28. The monoisotopic (exact) mass is 183 g/mol. The van der Waals surface area contributed by atoms with Crippen LogP contribution in [0.25, 0.3) is 0 Å². The van der Waals surface area contributed by atoms with E-state index < -0.39 is 0 Å². The van der Waals surface area contributed by atoms with Crippen LogP contribution in [0.2, 0.25) is 0 Å². The lowest BCUT2D eigenvalue weighted by Gasteiger charge is -2.19. The lowest BCUT2D eigenvalue weighted by molar-refractivity contribution is 0.0707. The molecule has 1 aliphatic rings. The molecule has 0 amide bonds. The van der Waals surface area contributed by atoms with Gasteiger partial charge in [0.05, 0.1) is 6.61 Å². The van der Waals surface area contributed by atoms with Gasteiger partial charge in [-0.05, 0) is 26.3 Å². The largest absolute Gasteiger partial charge is 0.381 e. The molecule has 1 unspecified atom stereocenters. The lowest BCUT2D eigenvalue weighted by Crippen LogP contribution is -2.18. The summed E-state index contributed by atoms with van der Waals surface area (Å²) < 4.78 is 5.42. The summed E-state index contributed by atoms with van der Waals surface area (Å²) >= 11 is 0. The minimum atomic E-state index is 0.660. The minimum Gasteiger partial charge on any atom is -0.381 e. The molecule has 0 spiro atoms. The van der Waals surface area contributed by atoms with Crippen LogP contribution >= 0.6 is 0 Å². The van der Waals surface area contributed by atoms with Gasteiger partial charge in [0.2, 0.25) is 0 Å². The third-order valence-electron chi connectivity index (χ3n) is 2.37. The Morgan fingerprint density at radius 3 is 3.08 bits per heavy atom. The summed E-state index contributed by atoms with van der Waals surface area (Å²) in [6.45, 7) is 8.27. The van der Waals surface area contributed by atoms with E-state index in [0.29, 0.717) is 5.92 Å². The van der Waals surface area contributed by atoms with Gasteiger partial charge in [-0.1, -0.05) is 18.6 Å². The summed E-state index contributed by atoms with van der Waals surface area (Å²) in [6.07, 6.45) is 4.88. The average molecular weight is 183 g/mol. The molecule has 2 nitrogen and oxygen atoms in total. The van der Waals surface area contributed by atoms with E-state index in [4.69, 9.17) is 4.74 Å². The maximum Gasteiger partial charge on any atom is 0.0528 e. The molecular weight excluding hydrogens is 162 g/mol. The molecule has 0 aliphatic carbocycles. The summed E-state index contributed by atoms with van der Waals surface area (Å²) in [6, 6.07) is 0. The Labute approximate surface area is 81.4 Å². The summed E-state index contributed by atoms with van der Waals surface area (Å²) in [5.74, 6) is 0.660. The topological polar surface area (TPSA) is 21.3 Å². The Balaban J connectivity index is 2.25. The van der Waals surface area contributed by atoms with E-state index in [1.165, 1.54) is 18.4 Å². The Morgan fingerprint density at radius 1 is 1.62 bits per heavy atom. The number of hydrogen-bond acceptors (Lipinski definition) is 2. The fourth-order valence-corrected chi connectivity index (χ4v) is 1.68. The minimum absolute atomic E-state index is 0.660. The Hall–Kier alpha value is -0.340. The molecule has 13 heavy (non-hydrogen) atoms. The van der Waals surface area contributed by atoms with Crippen LogP contribution in [-0.4, -0.2) is 26.3 Å². The summed E-state index contributed by atoms with van der Waals surface area (Å²) in [5, 5.41) is 3.33. The van der Waals surface area contributed by atoms with Crippen LogP contribution in [0, 0.1) is 5.92 Å². The fraction of sp³-hybridized carbons (Fsp3) is 0.818. The number of likely N-dealkylation sites (N-methyl/N-ethyl adjacent to an activating group) is 1. The highest BCUT2D eigenvalue weighted by molar-refractivity contribution is 5.03. The zero-order valence-corrected chi connectivity index (χ0v) is 8.81. The molecule has 1 fully saturated rings. The van der Waals surface area contributed by atoms with Gasteiger partial charge < -0.3 is 10.1 Å². The third-order valence-corrected chi connectivity index (χ3v) is 2.37. The van der Waals surface area contributed by atoms with E-state index >= 15 is 0 Å². The molecule has 0 aromatic carbocycles. The summed E-state index contributed by atoms with van der Waals surface area (Å²) in [7, 11) is 0. The normalized spacial score (nSPS) is 24.8. The molecule has 76 valence electrons. The molecular formula is C11H21NO. The first kappa shape index (κ1) is 10.7. The zero-order chi connectivity index (χ0) is 9.52. The molecule has 1 rings (SSSR count). The zero-order valence-electron chi connectivity index (χ0n) is 8.81. The number of ether oxygens (including phenoxy) is 1. The molecule has 1 heterocycles. The van der Waals surface area contributed by atoms with E-state index in [1.54, 1.807) is 0 Å². The Morgan fingerprint density at radius 2 is 2.46 bits per heavy atom. The van der Waals surface area contributed by atoms with Crippen LogP contribution in [-0.2, 0) is 4.74 Å². The van der Waals surface area contributed by atoms with Crippen molar-refractivity contribution in [1.29, 1.82) is 0 Å². The lowest BCUT2D eigenvalue weighted by atomic mass is 9.99. The highest BCUT2D eigenvalue weighted by Gasteiger charge is 2.10. The van der Waals surface area contributed by atoms with Crippen molar-refractivity contribution >= 4 is 0 Å². The van der Waals surface area contributed by atoms with Crippen molar-refractivity contribution < 1.29 is 4.74 Å². The van der Waals surface area contributed by atoms with Crippen molar-refractivity contribution in [1.82, 2.24) is 5.32 Å². The standard InChI is InChI=1S/C11H21NO/c1-3-12-8-10(2)7-11-5-4-6-13-9-11/h7,11-12H,3-6,8-9H2,1-2H3. The van der Waals surface area contributed by atoms with E-state index in [9.17, 15) is 0 Å². The Bertz CT molecular complexity index is 159. The van der Waals surface area contributed by atoms with Crippen LogP contribution < -0.4 is 5.32 Å². The van der Waals surface area contributed by atoms with Crippen molar-refractivity contribution in [3.63, 3.8) is 0 Å². The molecule has 0 bridgehead atoms. The molecule has 1 N–H and O–H groups in total. The van der Waals surface area contributed by atoms with Gasteiger partial charge >= 0.3 is 0 Å². The van der Waals surface area contributed by atoms with Crippen molar-refractivity contribution in [3.05, 3.63) is 11.6 Å². The van der Waals surface area contributed by atoms with Gasteiger partial charge in [-0.25, -0.2) is 0 Å². The summed E-state index contributed by atoms with van der Waals surface area (Å²) in [5.41, 5.74) is 1.44. The maximum atomic E-state index is 5.42. The van der Waals surface area contributed by atoms with Crippen LogP contribution in [0.15, 0.2) is 11.6 Å². The second-order valence-electron chi connectivity index (χ2n) is 3.77. The number of rotatable bonds is 4. The van der Waals surface area contributed by atoms with E-state index in [2.05, 4.69) is 25.2 Å². The SMILES string of the molecule is CCNCC(C)=CC1CCCOC1. The number of nitrogens with one attached hydrogen (secondary N) is 1. The van der Waals surface area contributed by atoms with Crippen molar-refractivity contribution in [2.45, 2.75) is 26.7 Å². The fourth-order valence-electron chi connectivity index (χ4n) is 1.68. The van der Waals surface area contributed by atoms with Gasteiger partial charge in [0, 0.05) is 19.1 Å². The second kappa shape index (κ2) is 6.17. The van der Waals surface area contributed by atoms with Crippen molar-refractivity contribution in [3.8, 4) is 0 Å². The third kappa shape index (κ3) is 4.44. The predicted molar refractivity (Wildman–Crippen MR) is 55.8 cm³/mol. The molecule has 2 heteroatoms. The molecule has 1 saturated heterocycles. The van der Waals surface area contributed by atoms with Crippen LogP contribution in [0.1, 0.15) is 26.7 Å². The van der Waals surface area contributed by atoms with Gasteiger partial charge in [-0.2, -0.15) is 0 Å². The highest BCUT2D eigenvalue weighted by Crippen LogP contribution is 2.16. The first-order chi connectivity index (χ1) is 6.33. The van der Waals surface area contributed by atoms with E-state index in [1.807, 2.05) is 0 Å². The van der Waals surface area contributed by atoms with Gasteiger partial charge in [-0.3, -0.25) is 0 Å².